The number of nitrogens with zero attached hydrogens (tertiary/aromatic N) is 2. The lowest BCUT2D eigenvalue weighted by Crippen LogP contribution is -2.54. The van der Waals surface area contributed by atoms with Gasteiger partial charge in [0.1, 0.15) is 5.82 Å². The molecule has 1 fully saturated rings. The number of alkyl halides is 6. The molecule has 2 atom stereocenters. The summed E-state index contributed by atoms with van der Waals surface area (Å²) in [6.45, 7) is -0.0895. The number of likely N-dealkylation sites (tertiary alicyclic amines) is 1. The zero-order chi connectivity index (χ0) is 30.6. The average molecular weight is 614 g/mol. The lowest BCUT2D eigenvalue weighted by molar-refractivity contribution is -0.376. The van der Waals surface area contributed by atoms with E-state index < -0.39 is 68.2 Å². The van der Waals surface area contributed by atoms with Crippen LogP contribution in [-0.2, 0) is 26.8 Å². The molecule has 2 aliphatic heterocycles. The van der Waals surface area contributed by atoms with Crippen LogP contribution in [0.1, 0.15) is 30.4 Å². The fourth-order valence-electron chi connectivity index (χ4n) is 5.15. The van der Waals surface area contributed by atoms with E-state index >= 15 is 0 Å². The van der Waals surface area contributed by atoms with Gasteiger partial charge in [-0.25, -0.2) is 12.8 Å². The van der Waals surface area contributed by atoms with Gasteiger partial charge >= 0.3 is 12.4 Å². The number of hydrogen-bond acceptors (Lipinski definition) is 6. The molecule has 2 aromatic rings. The molecule has 0 aliphatic carbocycles. The Bertz CT molecular complexity index is 1400. The maximum absolute atomic E-state index is 13.7. The van der Waals surface area contributed by atoms with E-state index in [-0.39, 0.29) is 50.1 Å². The first-order valence-corrected chi connectivity index (χ1v) is 13.8. The second kappa shape index (κ2) is 10.4. The molecule has 1 amide bonds. The molecule has 226 valence electrons. The predicted octanol–water partition coefficient (Wildman–Crippen LogP) is 2.96. The van der Waals surface area contributed by atoms with Crippen LogP contribution < -0.4 is 10.0 Å². The van der Waals surface area contributed by atoms with Crippen LogP contribution in [0.25, 0.3) is 0 Å². The molecule has 2 aromatic carbocycles. The zero-order valence-corrected chi connectivity index (χ0v) is 22.0. The van der Waals surface area contributed by atoms with E-state index in [0.29, 0.717) is 18.2 Å². The van der Waals surface area contributed by atoms with Crippen LogP contribution in [-0.4, -0.2) is 73.1 Å². The molecule has 8 nitrogen and oxygen atoms in total. The molecular weight excluding hydrogens is 587 g/mol. The van der Waals surface area contributed by atoms with Crippen LogP contribution in [0.4, 0.5) is 36.4 Å². The number of sulfonamides is 1. The van der Waals surface area contributed by atoms with E-state index in [1.807, 2.05) is 0 Å². The number of halogens is 7. The summed E-state index contributed by atoms with van der Waals surface area (Å²) in [5, 5.41) is 20.2. The zero-order valence-electron chi connectivity index (χ0n) is 21.2. The minimum absolute atomic E-state index is 0.104. The van der Waals surface area contributed by atoms with Crippen molar-refractivity contribution in [2.75, 3.05) is 23.9 Å². The van der Waals surface area contributed by atoms with Crippen LogP contribution in [0.15, 0.2) is 47.4 Å². The quantitative estimate of drug-likeness (QED) is 0.431. The van der Waals surface area contributed by atoms with E-state index in [9.17, 15) is 54.2 Å². The van der Waals surface area contributed by atoms with E-state index in [1.54, 1.807) is 0 Å². The Morgan fingerprint density at radius 3 is 2.20 bits per heavy atom. The first kappa shape index (κ1) is 31.0. The molecule has 0 saturated carbocycles. The standard InChI is InChI=1S/C25H26F7N3O5S/c26-17-3-6-19(7-4-17)41(39,40)35-18(12-21(36)34-10-9-22(37,13-33)14-34)5-1-15-11-16(2-8-20(15)35)23(38,24(27,28)29)25(30,31)32/h2-4,6-8,11,18,37-38H,1,5,9-10,12-14,33H2. The van der Waals surface area contributed by atoms with Gasteiger partial charge in [0, 0.05) is 25.1 Å². The number of rotatable bonds is 6. The third-order valence-electron chi connectivity index (χ3n) is 7.48. The van der Waals surface area contributed by atoms with Crippen molar-refractivity contribution in [1.82, 2.24) is 4.90 Å². The fourth-order valence-corrected chi connectivity index (χ4v) is 6.86. The van der Waals surface area contributed by atoms with E-state index in [1.165, 1.54) is 4.90 Å². The van der Waals surface area contributed by atoms with Crippen LogP contribution in [0.2, 0.25) is 0 Å². The highest BCUT2D eigenvalue weighted by Gasteiger charge is 2.71. The highest BCUT2D eigenvalue weighted by Crippen LogP contribution is 2.51. The first-order valence-electron chi connectivity index (χ1n) is 12.3. The minimum Gasteiger partial charge on any atom is -0.387 e. The van der Waals surface area contributed by atoms with Crippen molar-refractivity contribution in [3.8, 4) is 0 Å². The van der Waals surface area contributed by atoms with Gasteiger partial charge in [0.05, 0.1) is 28.8 Å². The number of β-amino-alcohol motifs (C(OH)–C–C–N with tert-alkyl or cyclic N) is 1. The molecule has 16 heteroatoms. The van der Waals surface area contributed by atoms with E-state index in [2.05, 4.69) is 0 Å². The topological polar surface area (TPSA) is 124 Å². The van der Waals surface area contributed by atoms with Crippen LogP contribution in [0.5, 0.6) is 0 Å². The van der Waals surface area contributed by atoms with Gasteiger partial charge in [-0.1, -0.05) is 12.1 Å². The SMILES string of the molecule is NCC1(O)CCN(C(=O)CC2CCc3cc(C(O)(C(F)(F)F)C(F)(F)F)ccc3N2S(=O)(=O)c2ccc(F)cc2)C1. The smallest absolute Gasteiger partial charge is 0.387 e. The van der Waals surface area contributed by atoms with Crippen LogP contribution >= 0.6 is 0 Å². The molecule has 4 rings (SSSR count). The lowest BCUT2D eigenvalue weighted by atomic mass is 9.87. The third kappa shape index (κ3) is 5.49. The number of benzene rings is 2. The third-order valence-corrected chi connectivity index (χ3v) is 9.36. The van der Waals surface area contributed by atoms with Crippen molar-refractivity contribution in [3.05, 3.63) is 59.4 Å². The molecule has 0 aromatic heterocycles. The maximum atomic E-state index is 13.7. The maximum Gasteiger partial charge on any atom is 0.430 e. The van der Waals surface area contributed by atoms with Crippen molar-refractivity contribution in [2.45, 2.75) is 60.2 Å². The molecular formula is C25H26F7N3O5S. The molecule has 0 spiro atoms. The Morgan fingerprint density at radius 1 is 1.05 bits per heavy atom. The monoisotopic (exact) mass is 613 g/mol. The minimum atomic E-state index is -6.15. The number of aliphatic hydroxyl groups is 2. The summed E-state index contributed by atoms with van der Waals surface area (Å²) in [4.78, 5) is 14.0. The summed E-state index contributed by atoms with van der Waals surface area (Å²) >= 11 is 0. The summed E-state index contributed by atoms with van der Waals surface area (Å²) in [7, 11) is -4.62. The summed E-state index contributed by atoms with van der Waals surface area (Å²) in [6.07, 6.45) is -13.0. The molecule has 4 N–H and O–H groups in total. The molecule has 2 aliphatic rings. The van der Waals surface area contributed by atoms with Gasteiger partial charge in [-0.05, 0) is 55.2 Å². The van der Waals surface area contributed by atoms with Gasteiger partial charge in [-0.3, -0.25) is 9.10 Å². The van der Waals surface area contributed by atoms with E-state index in [4.69, 9.17) is 5.73 Å². The molecule has 0 bridgehead atoms. The Labute approximate surface area is 230 Å². The second-order valence-corrected chi connectivity index (χ2v) is 12.0. The Kier molecular flexibility index (Phi) is 7.86. The summed E-state index contributed by atoms with van der Waals surface area (Å²) in [6, 6.07) is 3.93. The normalized spacial score (nSPS) is 22.1. The van der Waals surface area contributed by atoms with Crippen LogP contribution in [0.3, 0.4) is 0 Å². The fraction of sp³-hybridized carbons (Fsp3) is 0.480. The number of fused-ring (bicyclic) bond motifs is 1. The van der Waals surface area contributed by atoms with Crippen molar-refractivity contribution >= 4 is 21.6 Å². The number of aryl methyl sites for hydroxylation is 1. The highest BCUT2D eigenvalue weighted by atomic mass is 32.2. The highest BCUT2D eigenvalue weighted by molar-refractivity contribution is 7.92. The number of amides is 1. The molecule has 1 saturated heterocycles. The Morgan fingerprint density at radius 2 is 1.66 bits per heavy atom. The van der Waals surface area contributed by atoms with Crippen molar-refractivity contribution in [1.29, 1.82) is 0 Å². The number of carbonyl (C=O) groups is 1. The lowest BCUT2D eigenvalue weighted by Gasteiger charge is -2.39. The largest absolute Gasteiger partial charge is 0.430 e. The van der Waals surface area contributed by atoms with Gasteiger partial charge in [0.2, 0.25) is 5.91 Å². The second-order valence-electron chi connectivity index (χ2n) is 10.2. The van der Waals surface area contributed by atoms with Crippen molar-refractivity contribution in [2.24, 2.45) is 5.73 Å². The first-order chi connectivity index (χ1) is 18.8. The van der Waals surface area contributed by atoms with Gasteiger partial charge in [0.15, 0.2) is 0 Å². The van der Waals surface area contributed by atoms with Crippen LogP contribution in [0, 0.1) is 5.82 Å². The van der Waals surface area contributed by atoms with Gasteiger partial charge in [-0.15, -0.1) is 0 Å². The average Bonchev–Trinajstić information content (AvgIpc) is 3.29. The summed E-state index contributed by atoms with van der Waals surface area (Å²) in [5.41, 5.74) is -3.09. The number of carbonyl (C=O) groups excluding carboxylic acids is 1. The Hall–Kier alpha value is -2.95. The van der Waals surface area contributed by atoms with Crippen molar-refractivity contribution < 1.29 is 54.2 Å². The predicted molar refractivity (Wildman–Crippen MR) is 130 cm³/mol. The Balaban J connectivity index is 1.78. The van der Waals surface area contributed by atoms with Gasteiger partial charge in [-0.2, -0.15) is 26.3 Å². The number of anilines is 1. The van der Waals surface area contributed by atoms with Gasteiger partial charge < -0.3 is 20.8 Å². The molecule has 0 radical (unpaired) electrons. The molecule has 2 heterocycles. The number of hydrogen-bond donors (Lipinski definition) is 3. The molecule has 2 unspecified atom stereocenters. The van der Waals surface area contributed by atoms with Gasteiger partial charge in [0.25, 0.3) is 15.6 Å². The number of nitrogens with two attached hydrogens (primary N) is 1. The molecule has 41 heavy (non-hydrogen) atoms. The summed E-state index contributed by atoms with van der Waals surface area (Å²) in [5.74, 6) is -1.32. The van der Waals surface area contributed by atoms with E-state index in [0.717, 1.165) is 28.6 Å². The summed E-state index contributed by atoms with van der Waals surface area (Å²) < 4.78 is 123. The van der Waals surface area contributed by atoms with Crippen molar-refractivity contribution in [3.63, 3.8) is 0 Å².